The van der Waals surface area contributed by atoms with Gasteiger partial charge in [0.2, 0.25) is 5.75 Å². The van der Waals surface area contributed by atoms with Gasteiger partial charge in [-0.25, -0.2) is 4.99 Å². The van der Waals surface area contributed by atoms with Crippen molar-refractivity contribution in [1.82, 2.24) is 10.6 Å². The Labute approximate surface area is 190 Å². The van der Waals surface area contributed by atoms with E-state index < -0.39 is 0 Å². The van der Waals surface area contributed by atoms with Gasteiger partial charge in [-0.1, -0.05) is 6.07 Å². The molecule has 0 spiro atoms. The van der Waals surface area contributed by atoms with Crippen LogP contribution in [0.5, 0.6) is 28.7 Å². The van der Waals surface area contributed by atoms with Gasteiger partial charge < -0.3 is 34.3 Å². The van der Waals surface area contributed by atoms with Crippen molar-refractivity contribution >= 4 is 5.96 Å². The third-order valence-corrected chi connectivity index (χ3v) is 4.87. The van der Waals surface area contributed by atoms with Crippen LogP contribution in [0.4, 0.5) is 0 Å². The Morgan fingerprint density at radius 1 is 0.750 bits per heavy atom. The smallest absolute Gasteiger partial charge is 0.203 e. The predicted octanol–water partition coefficient (Wildman–Crippen LogP) is 3.42. The molecule has 0 radical (unpaired) electrons. The molecule has 8 heteroatoms. The normalized spacial score (nSPS) is 11.0. The highest BCUT2D eigenvalue weighted by atomic mass is 16.5. The Morgan fingerprint density at radius 3 is 1.94 bits per heavy atom. The van der Waals surface area contributed by atoms with Crippen molar-refractivity contribution in [3.8, 4) is 28.7 Å². The Morgan fingerprint density at radius 2 is 1.38 bits per heavy atom. The molecule has 2 N–H and O–H groups in total. The first-order valence-corrected chi connectivity index (χ1v) is 10.6. The molecule has 32 heavy (non-hydrogen) atoms. The number of rotatable bonds is 12. The maximum Gasteiger partial charge on any atom is 0.203 e. The molecule has 0 saturated carbocycles. The zero-order chi connectivity index (χ0) is 23.3. The zero-order valence-corrected chi connectivity index (χ0v) is 19.9. The Kier molecular flexibility index (Phi) is 10.3. The number of ether oxygens (including phenoxy) is 5. The molecule has 0 bridgehead atoms. The quantitative estimate of drug-likeness (QED) is 0.294. The van der Waals surface area contributed by atoms with Gasteiger partial charge in [0, 0.05) is 13.1 Å². The van der Waals surface area contributed by atoms with Gasteiger partial charge in [-0.15, -0.1) is 0 Å². The highest BCUT2D eigenvalue weighted by molar-refractivity contribution is 5.79. The molecule has 176 valence electrons. The second-order valence-corrected chi connectivity index (χ2v) is 6.95. The monoisotopic (exact) mass is 445 g/mol. The van der Waals surface area contributed by atoms with Gasteiger partial charge in [0.05, 0.1) is 42.1 Å². The summed E-state index contributed by atoms with van der Waals surface area (Å²) in [6, 6.07) is 9.83. The summed E-state index contributed by atoms with van der Waals surface area (Å²) in [5, 5.41) is 6.67. The second kappa shape index (κ2) is 13.2. The fourth-order valence-corrected chi connectivity index (χ4v) is 3.27. The maximum atomic E-state index is 5.42. The van der Waals surface area contributed by atoms with Crippen LogP contribution in [0.25, 0.3) is 0 Å². The number of nitrogens with zero attached hydrogens (tertiary/aromatic N) is 1. The Bertz CT molecular complexity index is 861. The highest BCUT2D eigenvalue weighted by Crippen LogP contribution is 2.38. The summed E-state index contributed by atoms with van der Waals surface area (Å²) in [5.41, 5.74) is 2.16. The number of guanidine groups is 1. The van der Waals surface area contributed by atoms with Gasteiger partial charge in [0.15, 0.2) is 29.0 Å². The zero-order valence-electron chi connectivity index (χ0n) is 19.9. The van der Waals surface area contributed by atoms with E-state index in [4.69, 9.17) is 28.7 Å². The molecule has 0 aromatic heterocycles. The van der Waals surface area contributed by atoms with Crippen LogP contribution in [0, 0.1) is 0 Å². The van der Waals surface area contributed by atoms with Crippen molar-refractivity contribution in [2.75, 3.05) is 48.6 Å². The van der Waals surface area contributed by atoms with Gasteiger partial charge in [-0.3, -0.25) is 0 Å². The van der Waals surface area contributed by atoms with Crippen LogP contribution in [0.3, 0.4) is 0 Å². The van der Waals surface area contributed by atoms with Crippen LogP contribution in [0.2, 0.25) is 0 Å². The summed E-state index contributed by atoms with van der Waals surface area (Å²) in [6.45, 7) is 4.08. The van der Waals surface area contributed by atoms with E-state index in [1.54, 1.807) is 35.5 Å². The topological polar surface area (TPSA) is 82.6 Å². The van der Waals surface area contributed by atoms with Crippen LogP contribution >= 0.6 is 0 Å². The number of aryl methyl sites for hydroxylation is 1. The van der Waals surface area contributed by atoms with Gasteiger partial charge in [0.25, 0.3) is 0 Å². The molecule has 0 aliphatic carbocycles. The van der Waals surface area contributed by atoms with Crippen molar-refractivity contribution in [2.45, 2.75) is 26.3 Å². The lowest BCUT2D eigenvalue weighted by molar-refractivity contribution is 0.324. The molecular formula is C24H35N3O5. The number of hydrogen-bond donors (Lipinski definition) is 2. The van der Waals surface area contributed by atoms with Crippen LogP contribution in [0.1, 0.15) is 24.5 Å². The fraction of sp³-hybridized carbons (Fsp3) is 0.458. The second-order valence-electron chi connectivity index (χ2n) is 6.95. The molecule has 8 nitrogen and oxygen atoms in total. The summed E-state index contributed by atoms with van der Waals surface area (Å²) in [7, 11) is 8.09. The van der Waals surface area contributed by atoms with Crippen LogP contribution in [0.15, 0.2) is 35.3 Å². The van der Waals surface area contributed by atoms with E-state index in [-0.39, 0.29) is 0 Å². The average molecular weight is 446 g/mol. The van der Waals surface area contributed by atoms with E-state index in [1.165, 1.54) is 5.56 Å². The van der Waals surface area contributed by atoms with Crippen molar-refractivity contribution < 1.29 is 23.7 Å². The molecule has 0 fully saturated rings. The van der Waals surface area contributed by atoms with Gasteiger partial charge in [0.1, 0.15) is 0 Å². The summed E-state index contributed by atoms with van der Waals surface area (Å²) < 4.78 is 26.9. The molecule has 2 aromatic rings. The minimum absolute atomic E-state index is 0.474. The molecule has 0 heterocycles. The summed E-state index contributed by atoms with van der Waals surface area (Å²) >= 11 is 0. The number of aliphatic imine (C=N–C) groups is 1. The Hall–Kier alpha value is -3.29. The predicted molar refractivity (Wildman–Crippen MR) is 127 cm³/mol. The van der Waals surface area contributed by atoms with E-state index in [0.29, 0.717) is 23.8 Å². The minimum atomic E-state index is 0.474. The first-order valence-electron chi connectivity index (χ1n) is 10.6. The lowest BCUT2D eigenvalue weighted by atomic mass is 10.1. The van der Waals surface area contributed by atoms with Crippen molar-refractivity contribution in [3.05, 3.63) is 41.5 Å². The number of nitrogens with one attached hydrogen (secondary N) is 2. The van der Waals surface area contributed by atoms with Crippen LogP contribution in [-0.2, 0) is 13.0 Å². The minimum Gasteiger partial charge on any atom is -0.493 e. The lowest BCUT2D eigenvalue weighted by Crippen LogP contribution is -2.37. The van der Waals surface area contributed by atoms with Gasteiger partial charge >= 0.3 is 0 Å². The fourth-order valence-electron chi connectivity index (χ4n) is 3.27. The third kappa shape index (κ3) is 6.87. The lowest BCUT2D eigenvalue weighted by Gasteiger charge is -2.14. The number of methoxy groups -OCH3 is 5. The molecule has 0 aliphatic heterocycles. The molecule has 0 aliphatic rings. The molecule has 0 unspecified atom stereocenters. The molecular weight excluding hydrogens is 410 g/mol. The maximum absolute atomic E-state index is 5.42. The first-order chi connectivity index (χ1) is 15.6. The average Bonchev–Trinajstić information content (AvgIpc) is 2.83. The Balaban J connectivity index is 1.97. The van der Waals surface area contributed by atoms with Crippen molar-refractivity contribution in [1.29, 1.82) is 0 Å². The molecule has 2 aromatic carbocycles. The van der Waals surface area contributed by atoms with E-state index >= 15 is 0 Å². The highest BCUT2D eigenvalue weighted by Gasteiger charge is 2.13. The first kappa shape index (κ1) is 25.0. The number of benzene rings is 2. The molecule has 2 rings (SSSR count). The van der Waals surface area contributed by atoms with Gasteiger partial charge in [-0.05, 0) is 55.2 Å². The summed E-state index contributed by atoms with van der Waals surface area (Å²) in [5.74, 6) is 4.05. The van der Waals surface area contributed by atoms with E-state index in [2.05, 4.69) is 16.7 Å². The van der Waals surface area contributed by atoms with Crippen molar-refractivity contribution in [3.63, 3.8) is 0 Å². The largest absolute Gasteiger partial charge is 0.493 e. The van der Waals surface area contributed by atoms with E-state index in [0.717, 1.165) is 49.0 Å². The van der Waals surface area contributed by atoms with Crippen LogP contribution in [-0.4, -0.2) is 54.6 Å². The van der Waals surface area contributed by atoms with Crippen LogP contribution < -0.4 is 34.3 Å². The van der Waals surface area contributed by atoms with E-state index in [9.17, 15) is 0 Å². The molecule has 0 saturated heterocycles. The molecule has 0 atom stereocenters. The molecule has 0 amide bonds. The van der Waals surface area contributed by atoms with Crippen molar-refractivity contribution in [2.24, 2.45) is 4.99 Å². The summed E-state index contributed by atoms with van der Waals surface area (Å²) in [4.78, 5) is 4.69. The SMILES string of the molecule is CCNC(=NCc1cc(OC)c(OC)c(OC)c1)NCCCc1ccc(OC)c(OC)c1. The third-order valence-electron chi connectivity index (χ3n) is 4.87. The van der Waals surface area contributed by atoms with Gasteiger partial charge in [-0.2, -0.15) is 0 Å². The van der Waals surface area contributed by atoms with E-state index in [1.807, 2.05) is 31.2 Å². The number of hydrogen-bond acceptors (Lipinski definition) is 6. The standard InChI is InChI=1S/C24H35N3O5/c1-7-25-24(26-12-8-9-17-10-11-19(28-2)20(13-17)29-3)27-16-18-14-21(30-4)23(32-6)22(15-18)31-5/h10-11,13-15H,7-9,12,16H2,1-6H3,(H2,25,26,27). The summed E-state index contributed by atoms with van der Waals surface area (Å²) in [6.07, 6.45) is 1.86.